The van der Waals surface area contributed by atoms with Gasteiger partial charge in [0.05, 0.1) is 12.0 Å². The smallest absolute Gasteiger partial charge is 0.0590 e. The van der Waals surface area contributed by atoms with Crippen molar-refractivity contribution in [3.63, 3.8) is 0 Å². The zero-order valence-corrected chi connectivity index (χ0v) is 9.82. The van der Waals surface area contributed by atoms with Gasteiger partial charge < -0.3 is 25.1 Å². The summed E-state index contributed by atoms with van der Waals surface area (Å²) in [5, 5.41) is 23.9. The predicted molar refractivity (Wildman–Crippen MR) is 55.1 cm³/mol. The normalized spacial score (nSPS) is 14.4. The van der Waals surface area contributed by atoms with Crippen LogP contribution in [0.25, 0.3) is 0 Å². The van der Waals surface area contributed by atoms with Crippen molar-refractivity contribution in [3.8, 4) is 0 Å². The molecule has 0 saturated heterocycles. The minimum Gasteiger partial charge on any atom is -0.550 e. The number of unbranched alkanes of at least 4 members (excludes halogenated alkanes) is 3. The maximum absolute atomic E-state index is 10.7. The van der Waals surface area contributed by atoms with E-state index in [1.165, 1.54) is 6.92 Å². The van der Waals surface area contributed by atoms with Crippen LogP contribution in [0.1, 0.15) is 39.5 Å². The highest BCUT2D eigenvalue weighted by Gasteiger charge is 2.18. The SMILES string of the molecule is CCCCCCNC(C(=O)[O-])C(C)C(=O)[O-]. The van der Waals surface area contributed by atoms with Gasteiger partial charge in [-0.1, -0.05) is 33.1 Å². The van der Waals surface area contributed by atoms with Crippen LogP contribution in [0, 0.1) is 5.92 Å². The Morgan fingerprint density at radius 1 is 1.12 bits per heavy atom. The Labute approximate surface area is 95.9 Å². The van der Waals surface area contributed by atoms with Crippen molar-refractivity contribution in [2.75, 3.05) is 6.54 Å². The summed E-state index contributed by atoms with van der Waals surface area (Å²) in [6, 6.07) is -1.17. The van der Waals surface area contributed by atoms with Gasteiger partial charge in [0.25, 0.3) is 0 Å². The number of carbonyl (C=O) groups is 2. The van der Waals surface area contributed by atoms with E-state index in [2.05, 4.69) is 12.2 Å². The molecule has 0 aliphatic rings. The highest BCUT2D eigenvalue weighted by molar-refractivity contribution is 5.80. The third kappa shape index (κ3) is 5.70. The molecule has 1 N–H and O–H groups in total. The highest BCUT2D eigenvalue weighted by Crippen LogP contribution is 2.03. The molecule has 0 saturated carbocycles. The second-order valence-corrected chi connectivity index (χ2v) is 3.92. The van der Waals surface area contributed by atoms with Crippen LogP contribution in [0.15, 0.2) is 0 Å². The fourth-order valence-corrected chi connectivity index (χ4v) is 1.41. The molecule has 2 atom stereocenters. The van der Waals surface area contributed by atoms with Crippen LogP contribution in [0.3, 0.4) is 0 Å². The molecule has 5 heteroatoms. The summed E-state index contributed by atoms with van der Waals surface area (Å²) in [5.74, 6) is -3.86. The molecule has 0 fully saturated rings. The number of hydrogen-bond acceptors (Lipinski definition) is 5. The molecule has 0 radical (unpaired) electrons. The molecule has 0 bridgehead atoms. The largest absolute Gasteiger partial charge is 0.550 e. The number of rotatable bonds is 9. The lowest BCUT2D eigenvalue weighted by Crippen LogP contribution is -2.54. The van der Waals surface area contributed by atoms with Gasteiger partial charge in [-0.05, 0) is 13.0 Å². The molecule has 0 aliphatic carbocycles. The summed E-state index contributed by atoms with van der Waals surface area (Å²) in [6.07, 6.45) is 4.02. The zero-order chi connectivity index (χ0) is 12.6. The average Bonchev–Trinajstić information content (AvgIpc) is 2.21. The third-order valence-corrected chi connectivity index (χ3v) is 2.52. The van der Waals surface area contributed by atoms with E-state index in [-0.39, 0.29) is 0 Å². The molecule has 5 nitrogen and oxygen atoms in total. The predicted octanol–water partition coefficient (Wildman–Crippen LogP) is -1.34. The van der Waals surface area contributed by atoms with Crippen molar-refractivity contribution in [2.45, 2.75) is 45.6 Å². The van der Waals surface area contributed by atoms with Crippen LogP contribution in [-0.2, 0) is 9.59 Å². The van der Waals surface area contributed by atoms with Crippen LogP contribution < -0.4 is 15.5 Å². The molecule has 2 unspecified atom stereocenters. The van der Waals surface area contributed by atoms with Gasteiger partial charge in [-0.2, -0.15) is 0 Å². The van der Waals surface area contributed by atoms with Crippen molar-refractivity contribution < 1.29 is 19.8 Å². The summed E-state index contributed by atoms with van der Waals surface area (Å²) in [6.45, 7) is 3.86. The van der Waals surface area contributed by atoms with E-state index < -0.39 is 23.9 Å². The molecule has 0 heterocycles. The van der Waals surface area contributed by atoms with Crippen molar-refractivity contribution in [1.29, 1.82) is 0 Å². The Bertz CT molecular complexity index is 230. The maximum atomic E-state index is 10.7. The van der Waals surface area contributed by atoms with Gasteiger partial charge in [-0.3, -0.25) is 0 Å². The first kappa shape index (κ1) is 14.9. The molecular formula is C11H19NO4-2. The summed E-state index contributed by atoms with van der Waals surface area (Å²) < 4.78 is 0. The fraction of sp³-hybridized carbons (Fsp3) is 0.818. The van der Waals surface area contributed by atoms with Gasteiger partial charge in [-0.25, -0.2) is 0 Å². The first-order valence-corrected chi connectivity index (χ1v) is 5.65. The van der Waals surface area contributed by atoms with Crippen LogP contribution in [-0.4, -0.2) is 24.5 Å². The van der Waals surface area contributed by atoms with Crippen LogP contribution in [0.5, 0.6) is 0 Å². The van der Waals surface area contributed by atoms with Crippen LogP contribution in [0.4, 0.5) is 0 Å². The van der Waals surface area contributed by atoms with Crippen molar-refractivity contribution in [2.24, 2.45) is 5.92 Å². The standard InChI is InChI=1S/C11H21NO4/c1-3-4-5-6-7-12-9(11(15)16)8(2)10(13)14/h8-9,12H,3-7H2,1-2H3,(H,13,14)(H,15,16)/p-2. The summed E-state index contributed by atoms with van der Waals surface area (Å²) in [7, 11) is 0. The van der Waals surface area contributed by atoms with Gasteiger partial charge in [0.1, 0.15) is 0 Å². The number of aliphatic carboxylic acids is 2. The van der Waals surface area contributed by atoms with Crippen molar-refractivity contribution in [1.82, 2.24) is 5.32 Å². The van der Waals surface area contributed by atoms with E-state index in [1.54, 1.807) is 0 Å². The van der Waals surface area contributed by atoms with Crippen LogP contribution in [0.2, 0.25) is 0 Å². The highest BCUT2D eigenvalue weighted by atomic mass is 16.4. The van der Waals surface area contributed by atoms with Crippen LogP contribution >= 0.6 is 0 Å². The van der Waals surface area contributed by atoms with Gasteiger partial charge in [0.2, 0.25) is 0 Å². The number of hydrogen-bond donors (Lipinski definition) is 1. The van der Waals surface area contributed by atoms with E-state index in [1.807, 2.05) is 0 Å². The molecule has 0 rings (SSSR count). The van der Waals surface area contributed by atoms with E-state index in [0.717, 1.165) is 25.7 Å². The Morgan fingerprint density at radius 2 is 1.75 bits per heavy atom. The molecule has 0 aliphatic heterocycles. The molecule has 16 heavy (non-hydrogen) atoms. The average molecular weight is 229 g/mol. The monoisotopic (exact) mass is 229 g/mol. The topological polar surface area (TPSA) is 92.3 Å². The number of carboxylic acid groups (broad SMARTS) is 2. The van der Waals surface area contributed by atoms with E-state index in [4.69, 9.17) is 0 Å². The van der Waals surface area contributed by atoms with E-state index in [0.29, 0.717) is 6.54 Å². The second kappa shape index (κ2) is 8.10. The summed E-state index contributed by atoms with van der Waals surface area (Å²) >= 11 is 0. The Kier molecular flexibility index (Phi) is 7.54. The Balaban J connectivity index is 3.96. The first-order valence-electron chi connectivity index (χ1n) is 5.65. The van der Waals surface area contributed by atoms with Crippen molar-refractivity contribution in [3.05, 3.63) is 0 Å². The van der Waals surface area contributed by atoms with Crippen molar-refractivity contribution >= 4 is 11.9 Å². The van der Waals surface area contributed by atoms with E-state index >= 15 is 0 Å². The van der Waals surface area contributed by atoms with Gasteiger partial charge in [0.15, 0.2) is 0 Å². The number of carboxylic acids is 2. The Morgan fingerprint density at radius 3 is 2.19 bits per heavy atom. The molecule has 0 aromatic carbocycles. The molecule has 0 aromatic rings. The van der Waals surface area contributed by atoms with Gasteiger partial charge in [0, 0.05) is 11.9 Å². The summed E-state index contributed by atoms with van der Waals surface area (Å²) in [5.41, 5.74) is 0. The first-order chi connectivity index (χ1) is 7.50. The third-order valence-electron chi connectivity index (χ3n) is 2.52. The molecule has 0 spiro atoms. The maximum Gasteiger partial charge on any atom is 0.0590 e. The lowest BCUT2D eigenvalue weighted by Gasteiger charge is -2.26. The molecule has 0 amide bonds. The fourth-order valence-electron chi connectivity index (χ4n) is 1.41. The quantitative estimate of drug-likeness (QED) is 0.494. The minimum atomic E-state index is -1.40. The number of nitrogens with one attached hydrogen (secondary N) is 1. The Hall–Kier alpha value is -1.10. The number of carbonyl (C=O) groups excluding carboxylic acids is 2. The second-order valence-electron chi connectivity index (χ2n) is 3.92. The van der Waals surface area contributed by atoms with Gasteiger partial charge in [-0.15, -0.1) is 0 Å². The van der Waals surface area contributed by atoms with Gasteiger partial charge >= 0.3 is 0 Å². The minimum absolute atomic E-state index is 0.482. The lowest BCUT2D eigenvalue weighted by atomic mass is 10.0. The lowest BCUT2D eigenvalue weighted by molar-refractivity contribution is -0.322. The molecule has 0 aromatic heterocycles. The van der Waals surface area contributed by atoms with E-state index in [9.17, 15) is 19.8 Å². The summed E-state index contributed by atoms with van der Waals surface area (Å²) in [4.78, 5) is 21.2. The molecular weight excluding hydrogens is 210 g/mol. The zero-order valence-electron chi connectivity index (χ0n) is 9.82. The molecule has 94 valence electrons.